The van der Waals surface area contributed by atoms with Crippen LogP contribution in [0.3, 0.4) is 0 Å². The Morgan fingerprint density at radius 2 is 1.71 bits per heavy atom. The van der Waals surface area contributed by atoms with E-state index >= 15 is 0 Å². The van der Waals surface area contributed by atoms with Crippen LogP contribution < -0.4 is 9.47 Å². The van der Waals surface area contributed by atoms with Crippen LogP contribution in [0.5, 0.6) is 11.5 Å². The number of ether oxygens (including phenoxy) is 2. The van der Waals surface area contributed by atoms with Gasteiger partial charge in [0.1, 0.15) is 11.5 Å². The van der Waals surface area contributed by atoms with Gasteiger partial charge in [-0.2, -0.15) is 0 Å². The van der Waals surface area contributed by atoms with E-state index in [1.54, 1.807) is 37.4 Å². The fraction of sp³-hybridized carbons (Fsp3) is 0.200. The molecule has 0 aliphatic carbocycles. The first-order valence-corrected chi connectivity index (χ1v) is 6.84. The topological polar surface area (TPSA) is 18.5 Å². The number of alkyl halides is 3. The molecule has 2 aromatic carbocycles. The standard InChI is InChI=1S/C15H12BrF3O2/c1-20-13-5-2-10(3-6-13)8-11-9-12(16)4-7-14(11)21-15(17,18)19/h2-7,9H,8H2,1H3. The molecule has 0 radical (unpaired) electrons. The highest BCUT2D eigenvalue weighted by atomic mass is 79.9. The minimum atomic E-state index is -4.71. The summed E-state index contributed by atoms with van der Waals surface area (Å²) in [7, 11) is 1.55. The highest BCUT2D eigenvalue weighted by Gasteiger charge is 2.32. The number of hydrogen-bond donors (Lipinski definition) is 0. The monoisotopic (exact) mass is 360 g/mol. The fourth-order valence-corrected chi connectivity index (χ4v) is 2.28. The highest BCUT2D eigenvalue weighted by Crippen LogP contribution is 2.30. The number of benzene rings is 2. The number of halogens is 4. The van der Waals surface area contributed by atoms with Crippen LogP contribution in [0.4, 0.5) is 13.2 Å². The molecule has 0 spiro atoms. The molecule has 2 rings (SSSR count). The molecule has 6 heteroatoms. The fourth-order valence-electron chi connectivity index (χ4n) is 1.87. The van der Waals surface area contributed by atoms with Gasteiger partial charge in [0.05, 0.1) is 7.11 Å². The molecule has 0 aliphatic heterocycles. The van der Waals surface area contributed by atoms with E-state index in [1.807, 2.05) is 0 Å². The lowest BCUT2D eigenvalue weighted by atomic mass is 10.0. The van der Waals surface area contributed by atoms with Crippen LogP contribution in [0.2, 0.25) is 0 Å². The summed E-state index contributed by atoms with van der Waals surface area (Å²) in [5.74, 6) is 0.501. The zero-order valence-electron chi connectivity index (χ0n) is 11.1. The van der Waals surface area contributed by atoms with Crippen molar-refractivity contribution < 1.29 is 22.6 Å². The number of methoxy groups -OCH3 is 1. The summed E-state index contributed by atoms with van der Waals surface area (Å²) in [6.45, 7) is 0. The zero-order chi connectivity index (χ0) is 15.5. The minimum Gasteiger partial charge on any atom is -0.497 e. The van der Waals surface area contributed by atoms with Gasteiger partial charge in [0, 0.05) is 10.9 Å². The summed E-state index contributed by atoms with van der Waals surface area (Å²) in [4.78, 5) is 0. The maximum Gasteiger partial charge on any atom is 0.573 e. The third-order valence-corrected chi connectivity index (χ3v) is 3.30. The summed E-state index contributed by atoms with van der Waals surface area (Å²) in [5, 5.41) is 0. The van der Waals surface area contributed by atoms with Crippen LogP contribution in [-0.2, 0) is 6.42 Å². The van der Waals surface area contributed by atoms with Gasteiger partial charge in [0.2, 0.25) is 0 Å². The summed E-state index contributed by atoms with van der Waals surface area (Å²) < 4.78 is 47.0. The van der Waals surface area contributed by atoms with E-state index in [-0.39, 0.29) is 5.75 Å². The van der Waals surface area contributed by atoms with Crippen molar-refractivity contribution in [2.45, 2.75) is 12.8 Å². The first-order chi connectivity index (χ1) is 9.87. The molecule has 0 heterocycles. The molecule has 2 aromatic rings. The second kappa shape index (κ2) is 6.39. The van der Waals surface area contributed by atoms with Gasteiger partial charge in [-0.3, -0.25) is 0 Å². The molecule has 0 saturated heterocycles. The molecule has 0 atom stereocenters. The first kappa shape index (κ1) is 15.7. The van der Waals surface area contributed by atoms with Crippen molar-refractivity contribution in [1.82, 2.24) is 0 Å². The zero-order valence-corrected chi connectivity index (χ0v) is 12.7. The lowest BCUT2D eigenvalue weighted by Crippen LogP contribution is -2.18. The molecule has 0 N–H and O–H groups in total. The van der Waals surface area contributed by atoms with E-state index in [0.717, 1.165) is 5.56 Å². The van der Waals surface area contributed by atoms with Gasteiger partial charge >= 0.3 is 6.36 Å². The van der Waals surface area contributed by atoms with Gasteiger partial charge < -0.3 is 9.47 Å². The van der Waals surface area contributed by atoms with Crippen molar-refractivity contribution in [1.29, 1.82) is 0 Å². The molecule has 2 nitrogen and oxygen atoms in total. The predicted molar refractivity (Wildman–Crippen MR) is 76.6 cm³/mol. The molecular weight excluding hydrogens is 349 g/mol. The Morgan fingerprint density at radius 1 is 1.05 bits per heavy atom. The van der Waals surface area contributed by atoms with Crippen molar-refractivity contribution >= 4 is 15.9 Å². The summed E-state index contributed by atoms with van der Waals surface area (Å²) >= 11 is 3.26. The highest BCUT2D eigenvalue weighted by molar-refractivity contribution is 9.10. The molecule has 0 fully saturated rings. The summed E-state index contributed by atoms with van der Waals surface area (Å²) in [6.07, 6.45) is -4.38. The molecule has 0 unspecified atom stereocenters. The van der Waals surface area contributed by atoms with Gasteiger partial charge in [0.25, 0.3) is 0 Å². The second-order valence-electron chi connectivity index (χ2n) is 4.32. The Morgan fingerprint density at radius 3 is 2.29 bits per heavy atom. The normalized spacial score (nSPS) is 11.3. The van der Waals surface area contributed by atoms with Crippen LogP contribution >= 0.6 is 15.9 Å². The summed E-state index contributed by atoms with van der Waals surface area (Å²) in [5.41, 5.74) is 1.31. The first-order valence-electron chi connectivity index (χ1n) is 6.04. The Balaban J connectivity index is 2.26. The van der Waals surface area contributed by atoms with Crippen LogP contribution in [0.25, 0.3) is 0 Å². The van der Waals surface area contributed by atoms with Gasteiger partial charge in [-0.25, -0.2) is 0 Å². The van der Waals surface area contributed by atoms with E-state index in [1.165, 1.54) is 12.1 Å². The maximum atomic E-state index is 12.4. The number of hydrogen-bond acceptors (Lipinski definition) is 2. The van der Waals surface area contributed by atoms with E-state index in [9.17, 15) is 13.2 Å². The molecule has 0 aliphatic rings. The Bertz CT molecular complexity index is 609. The molecule has 21 heavy (non-hydrogen) atoms. The van der Waals surface area contributed by atoms with E-state index in [2.05, 4.69) is 20.7 Å². The van der Waals surface area contributed by atoms with Crippen LogP contribution in [0, 0.1) is 0 Å². The van der Waals surface area contributed by atoms with Crippen LogP contribution in [-0.4, -0.2) is 13.5 Å². The van der Waals surface area contributed by atoms with E-state index < -0.39 is 6.36 Å². The molecular formula is C15H12BrF3O2. The second-order valence-corrected chi connectivity index (χ2v) is 5.24. The van der Waals surface area contributed by atoms with Gasteiger partial charge in [0.15, 0.2) is 0 Å². The molecule has 0 amide bonds. The average molecular weight is 361 g/mol. The SMILES string of the molecule is COc1ccc(Cc2cc(Br)ccc2OC(F)(F)F)cc1. The van der Waals surface area contributed by atoms with Gasteiger partial charge in [-0.05, 0) is 41.5 Å². The lowest BCUT2D eigenvalue weighted by Gasteiger charge is -2.14. The smallest absolute Gasteiger partial charge is 0.497 e. The van der Waals surface area contributed by atoms with Crippen molar-refractivity contribution in [2.75, 3.05) is 7.11 Å². The molecule has 0 saturated carbocycles. The Kier molecular flexibility index (Phi) is 4.77. The van der Waals surface area contributed by atoms with Crippen molar-refractivity contribution in [2.24, 2.45) is 0 Å². The lowest BCUT2D eigenvalue weighted by molar-refractivity contribution is -0.274. The van der Waals surface area contributed by atoms with E-state index in [0.29, 0.717) is 22.2 Å². The van der Waals surface area contributed by atoms with Crippen molar-refractivity contribution in [3.63, 3.8) is 0 Å². The Hall–Kier alpha value is -1.69. The minimum absolute atomic E-state index is 0.193. The van der Waals surface area contributed by atoms with Gasteiger partial charge in [-0.1, -0.05) is 28.1 Å². The number of rotatable bonds is 4. The molecule has 0 aromatic heterocycles. The average Bonchev–Trinajstić information content (AvgIpc) is 2.41. The van der Waals surface area contributed by atoms with Crippen molar-refractivity contribution in [3.05, 3.63) is 58.1 Å². The quantitative estimate of drug-likeness (QED) is 0.768. The molecule has 0 bridgehead atoms. The largest absolute Gasteiger partial charge is 0.573 e. The van der Waals surface area contributed by atoms with Gasteiger partial charge in [-0.15, -0.1) is 13.2 Å². The third-order valence-electron chi connectivity index (χ3n) is 2.80. The maximum absolute atomic E-state index is 12.4. The van der Waals surface area contributed by atoms with Crippen LogP contribution in [0.1, 0.15) is 11.1 Å². The summed E-state index contributed by atoms with van der Waals surface area (Å²) in [6, 6.07) is 11.6. The molecule has 112 valence electrons. The van der Waals surface area contributed by atoms with Crippen LogP contribution in [0.15, 0.2) is 46.9 Å². The predicted octanol–water partition coefficient (Wildman–Crippen LogP) is 4.95. The third kappa shape index (κ3) is 4.67. The van der Waals surface area contributed by atoms with E-state index in [4.69, 9.17) is 4.74 Å². The Labute approximate surface area is 128 Å². The van der Waals surface area contributed by atoms with Crippen molar-refractivity contribution in [3.8, 4) is 11.5 Å².